The summed E-state index contributed by atoms with van der Waals surface area (Å²) in [5.41, 5.74) is 4.04. The lowest BCUT2D eigenvalue weighted by Gasteiger charge is -2.23. The lowest BCUT2D eigenvalue weighted by Crippen LogP contribution is -2.31. The van der Waals surface area contributed by atoms with E-state index in [4.69, 9.17) is 0 Å². The molecule has 186 valence electrons. The number of nitro groups is 1. The number of aromatic carboxylic acids is 1. The van der Waals surface area contributed by atoms with Crippen LogP contribution in [0.5, 0.6) is 0 Å². The molecule has 7 nitrogen and oxygen atoms in total. The minimum Gasteiger partial charge on any atom is -0.478 e. The fourth-order valence-electron chi connectivity index (χ4n) is 4.21. The molecule has 0 radical (unpaired) electrons. The van der Waals surface area contributed by atoms with E-state index in [9.17, 15) is 24.8 Å². The number of carboxylic acids is 1. The van der Waals surface area contributed by atoms with Gasteiger partial charge in [-0.2, -0.15) is 0 Å². The van der Waals surface area contributed by atoms with Gasteiger partial charge < -0.3 is 10.0 Å². The Morgan fingerprint density at radius 1 is 0.784 bits per heavy atom. The molecule has 0 bridgehead atoms. The Morgan fingerprint density at radius 2 is 1.43 bits per heavy atom. The minimum atomic E-state index is -0.988. The number of rotatable bonds is 10. The molecule has 1 N–H and O–H groups in total. The molecular weight excluding hydrogens is 468 g/mol. The molecule has 0 fully saturated rings. The number of amides is 1. The van der Waals surface area contributed by atoms with Crippen molar-refractivity contribution >= 4 is 17.6 Å². The fourth-order valence-corrected chi connectivity index (χ4v) is 4.21. The van der Waals surface area contributed by atoms with Crippen LogP contribution in [0, 0.1) is 10.1 Å². The summed E-state index contributed by atoms with van der Waals surface area (Å²) in [5.74, 6) is -1.19. The summed E-state index contributed by atoms with van der Waals surface area (Å²) in [6, 6.07) is 30.0. The second kappa shape index (κ2) is 11.8. The Labute approximate surface area is 214 Å². The van der Waals surface area contributed by atoms with Crippen LogP contribution in [0.4, 0.5) is 5.69 Å². The molecule has 4 aromatic rings. The third kappa shape index (κ3) is 6.46. The Balaban J connectivity index is 1.53. The van der Waals surface area contributed by atoms with Gasteiger partial charge in [-0.15, -0.1) is 0 Å². The third-order valence-corrected chi connectivity index (χ3v) is 6.14. The number of aryl methyl sites for hydroxylation is 1. The van der Waals surface area contributed by atoms with Gasteiger partial charge in [0.05, 0.1) is 10.5 Å². The number of nitrogens with zero attached hydrogens (tertiary/aromatic N) is 2. The molecule has 7 heteroatoms. The van der Waals surface area contributed by atoms with Crippen LogP contribution in [0.25, 0.3) is 11.1 Å². The zero-order valence-corrected chi connectivity index (χ0v) is 20.1. The van der Waals surface area contributed by atoms with Gasteiger partial charge in [0.25, 0.3) is 11.6 Å². The SMILES string of the molecule is O=C(O)c1ccccc1-c1ccc(CN(CCCc2ccccc2)C(=O)c2ccc([N+](=O)[O-])cc2)cc1. The van der Waals surface area contributed by atoms with E-state index in [1.807, 2.05) is 42.5 Å². The first kappa shape index (κ1) is 25.3. The number of benzene rings is 4. The summed E-state index contributed by atoms with van der Waals surface area (Å²) in [6.07, 6.45) is 1.57. The van der Waals surface area contributed by atoms with Crippen molar-refractivity contribution in [2.45, 2.75) is 19.4 Å². The van der Waals surface area contributed by atoms with Gasteiger partial charge in [-0.25, -0.2) is 4.79 Å². The number of carboxylic acid groups (broad SMARTS) is 1. The van der Waals surface area contributed by atoms with E-state index < -0.39 is 10.9 Å². The van der Waals surface area contributed by atoms with E-state index in [0.717, 1.165) is 24.0 Å². The molecule has 4 aromatic carbocycles. The maximum absolute atomic E-state index is 13.4. The monoisotopic (exact) mass is 494 g/mol. The van der Waals surface area contributed by atoms with Crippen molar-refractivity contribution in [3.05, 3.63) is 135 Å². The first-order chi connectivity index (χ1) is 17.9. The zero-order chi connectivity index (χ0) is 26.2. The van der Waals surface area contributed by atoms with E-state index in [1.165, 1.54) is 29.8 Å². The van der Waals surface area contributed by atoms with E-state index >= 15 is 0 Å². The first-order valence-electron chi connectivity index (χ1n) is 11.9. The highest BCUT2D eigenvalue weighted by Crippen LogP contribution is 2.25. The zero-order valence-electron chi connectivity index (χ0n) is 20.1. The van der Waals surface area contributed by atoms with Gasteiger partial charge in [-0.1, -0.05) is 72.8 Å². The van der Waals surface area contributed by atoms with Crippen LogP contribution in [0.15, 0.2) is 103 Å². The van der Waals surface area contributed by atoms with E-state index in [-0.39, 0.29) is 17.2 Å². The Bertz CT molecular complexity index is 1380. The van der Waals surface area contributed by atoms with Gasteiger partial charge in [0.15, 0.2) is 0 Å². The molecule has 4 rings (SSSR count). The number of carbonyl (C=O) groups is 2. The molecule has 0 aliphatic rings. The normalized spacial score (nSPS) is 10.6. The van der Waals surface area contributed by atoms with Crippen molar-refractivity contribution in [1.82, 2.24) is 4.90 Å². The standard InChI is InChI=1S/C30H26N2O5/c33-29(25-16-18-26(19-17-25)32(36)37)31(20-6-9-22-7-2-1-3-8-22)21-23-12-14-24(15-13-23)27-10-4-5-11-28(27)30(34)35/h1-5,7-8,10-19H,6,9,20-21H2,(H,34,35). The predicted octanol–water partition coefficient (Wildman–Crippen LogP) is 6.24. The minimum absolute atomic E-state index is 0.0654. The maximum Gasteiger partial charge on any atom is 0.336 e. The van der Waals surface area contributed by atoms with Gasteiger partial charge in [-0.05, 0) is 53.3 Å². The molecule has 0 aromatic heterocycles. The summed E-state index contributed by atoms with van der Waals surface area (Å²) in [4.78, 5) is 37.2. The van der Waals surface area contributed by atoms with Crippen LogP contribution in [0.3, 0.4) is 0 Å². The van der Waals surface area contributed by atoms with Crippen LogP contribution in [0.2, 0.25) is 0 Å². The van der Waals surface area contributed by atoms with E-state index in [2.05, 4.69) is 12.1 Å². The molecule has 0 heterocycles. The molecule has 0 aliphatic carbocycles. The summed E-state index contributed by atoms with van der Waals surface area (Å²) in [7, 11) is 0. The molecule has 0 atom stereocenters. The van der Waals surface area contributed by atoms with Gasteiger partial charge in [-0.3, -0.25) is 14.9 Å². The van der Waals surface area contributed by atoms with E-state index in [0.29, 0.717) is 24.2 Å². The third-order valence-electron chi connectivity index (χ3n) is 6.14. The van der Waals surface area contributed by atoms with Gasteiger partial charge >= 0.3 is 5.97 Å². The summed E-state index contributed by atoms with van der Waals surface area (Å²) in [5, 5.41) is 20.5. The van der Waals surface area contributed by atoms with Crippen LogP contribution < -0.4 is 0 Å². The fraction of sp³-hybridized carbons (Fsp3) is 0.133. The molecule has 0 saturated heterocycles. The average Bonchev–Trinajstić information content (AvgIpc) is 2.93. The van der Waals surface area contributed by atoms with Crippen molar-refractivity contribution in [3.8, 4) is 11.1 Å². The number of nitro benzene ring substituents is 1. The van der Waals surface area contributed by atoms with Crippen LogP contribution in [-0.4, -0.2) is 33.4 Å². The van der Waals surface area contributed by atoms with Crippen molar-refractivity contribution in [2.24, 2.45) is 0 Å². The summed E-state index contributed by atoms with van der Waals surface area (Å²) < 4.78 is 0. The first-order valence-corrected chi connectivity index (χ1v) is 11.9. The van der Waals surface area contributed by atoms with Crippen molar-refractivity contribution < 1.29 is 19.6 Å². The molecule has 0 unspecified atom stereocenters. The number of carbonyl (C=O) groups excluding carboxylic acids is 1. The quantitative estimate of drug-likeness (QED) is 0.208. The second-order valence-electron chi connectivity index (χ2n) is 8.67. The summed E-state index contributed by atoms with van der Waals surface area (Å²) in [6.45, 7) is 0.861. The Kier molecular flexibility index (Phi) is 8.05. The Hall–Kier alpha value is -4.78. The van der Waals surface area contributed by atoms with Crippen LogP contribution in [-0.2, 0) is 13.0 Å². The predicted molar refractivity (Wildman–Crippen MR) is 141 cm³/mol. The smallest absolute Gasteiger partial charge is 0.336 e. The number of hydrogen-bond donors (Lipinski definition) is 1. The molecular formula is C30H26N2O5. The molecule has 1 amide bonds. The number of hydrogen-bond acceptors (Lipinski definition) is 4. The lowest BCUT2D eigenvalue weighted by atomic mass is 9.98. The van der Waals surface area contributed by atoms with E-state index in [1.54, 1.807) is 29.2 Å². The van der Waals surface area contributed by atoms with Crippen molar-refractivity contribution in [1.29, 1.82) is 0 Å². The van der Waals surface area contributed by atoms with Crippen molar-refractivity contribution in [3.63, 3.8) is 0 Å². The lowest BCUT2D eigenvalue weighted by molar-refractivity contribution is -0.384. The maximum atomic E-state index is 13.4. The molecule has 0 spiro atoms. The highest BCUT2D eigenvalue weighted by atomic mass is 16.6. The molecule has 0 saturated carbocycles. The molecule has 37 heavy (non-hydrogen) atoms. The van der Waals surface area contributed by atoms with Crippen LogP contribution in [0.1, 0.15) is 38.3 Å². The van der Waals surface area contributed by atoms with Gasteiger partial charge in [0.2, 0.25) is 0 Å². The largest absolute Gasteiger partial charge is 0.478 e. The van der Waals surface area contributed by atoms with Gasteiger partial charge in [0.1, 0.15) is 0 Å². The van der Waals surface area contributed by atoms with Crippen LogP contribution >= 0.6 is 0 Å². The highest BCUT2D eigenvalue weighted by Gasteiger charge is 2.18. The molecule has 0 aliphatic heterocycles. The van der Waals surface area contributed by atoms with Crippen molar-refractivity contribution in [2.75, 3.05) is 6.54 Å². The Morgan fingerprint density at radius 3 is 2.08 bits per heavy atom. The second-order valence-corrected chi connectivity index (χ2v) is 8.67. The number of non-ortho nitro benzene ring substituents is 1. The van der Waals surface area contributed by atoms with Gasteiger partial charge in [0, 0.05) is 30.8 Å². The summed E-state index contributed by atoms with van der Waals surface area (Å²) >= 11 is 0. The average molecular weight is 495 g/mol. The topological polar surface area (TPSA) is 101 Å². The highest BCUT2D eigenvalue weighted by molar-refractivity contribution is 5.96.